The predicted molar refractivity (Wildman–Crippen MR) is 70.9 cm³/mol. The lowest BCUT2D eigenvalue weighted by atomic mass is 9.90. The minimum absolute atomic E-state index is 0.347. The quantitative estimate of drug-likeness (QED) is 0.445. The van der Waals surface area contributed by atoms with Crippen molar-refractivity contribution in [3.8, 4) is 6.01 Å². The average Bonchev–Trinajstić information content (AvgIpc) is 2.62. The van der Waals surface area contributed by atoms with Gasteiger partial charge < -0.3 is 9.72 Å². The Morgan fingerprint density at radius 3 is 1.35 bits per heavy atom. The summed E-state index contributed by atoms with van der Waals surface area (Å²) in [6.45, 7) is 0.899. The smallest absolute Gasteiger partial charge is 0.395 e. The fourth-order valence-electron chi connectivity index (χ4n) is 1.83. The molecule has 0 atom stereocenters. The van der Waals surface area contributed by atoms with Crippen LogP contribution in [0.3, 0.4) is 0 Å². The Morgan fingerprint density at radius 2 is 1.00 bits per heavy atom. The molecule has 0 saturated heterocycles. The Labute approximate surface area is 173 Å². The Bertz CT molecular complexity index is 965. The number of aryl methyl sites for hydroxylation is 1. The van der Waals surface area contributed by atoms with E-state index in [1.807, 2.05) is 0 Å². The molecule has 4 nitrogen and oxygen atoms in total. The van der Waals surface area contributed by atoms with Crippen LogP contribution in [0, 0.1) is 6.92 Å². The topological polar surface area (TPSA) is 55.0 Å². The molecule has 0 unspecified atom stereocenters. The van der Waals surface area contributed by atoms with Gasteiger partial charge >= 0.3 is 53.8 Å². The minimum Gasteiger partial charge on any atom is -0.395 e. The highest BCUT2D eigenvalue weighted by Gasteiger charge is 2.95. The molecule has 0 aromatic carbocycles. The van der Waals surface area contributed by atoms with Crippen molar-refractivity contribution in [3.05, 3.63) is 22.1 Å². The van der Waals surface area contributed by atoms with E-state index in [4.69, 9.17) is 0 Å². The summed E-state index contributed by atoms with van der Waals surface area (Å²) in [6.07, 6.45) is -14.6. The van der Waals surface area contributed by atoms with Crippen LogP contribution in [0.15, 0.2) is 11.0 Å². The number of aromatic amines is 1. The number of nitrogens with zero attached hydrogens (tertiary/aromatic N) is 1. The van der Waals surface area contributed by atoms with Crippen molar-refractivity contribution in [1.29, 1.82) is 0 Å². The molecular formula is C13H5F17N2O2. The van der Waals surface area contributed by atoms with Crippen LogP contribution in [-0.2, 0) is 0 Å². The van der Waals surface area contributed by atoms with Gasteiger partial charge in [0.15, 0.2) is 0 Å². The highest BCUT2D eigenvalue weighted by molar-refractivity contribution is 5.15. The van der Waals surface area contributed by atoms with Crippen molar-refractivity contribution in [2.45, 2.75) is 54.7 Å². The number of nitrogens with one attached hydrogen (secondary N) is 1. The number of rotatable bonds is 8. The summed E-state index contributed by atoms with van der Waals surface area (Å²) < 4.78 is 225. The van der Waals surface area contributed by atoms with E-state index >= 15 is 0 Å². The Morgan fingerprint density at radius 1 is 0.647 bits per heavy atom. The zero-order valence-electron chi connectivity index (χ0n) is 15.3. The summed E-state index contributed by atoms with van der Waals surface area (Å²) in [4.78, 5) is 14.8. The number of hydrogen-bond acceptors (Lipinski definition) is 3. The van der Waals surface area contributed by atoms with Crippen molar-refractivity contribution >= 4 is 0 Å². The van der Waals surface area contributed by atoms with E-state index in [-0.39, 0.29) is 0 Å². The van der Waals surface area contributed by atoms with Gasteiger partial charge in [-0.05, 0) is 6.92 Å². The first kappa shape index (κ1) is 29.5. The van der Waals surface area contributed by atoms with Gasteiger partial charge in [-0.1, -0.05) is 0 Å². The Kier molecular flexibility index (Phi) is 6.73. The van der Waals surface area contributed by atoms with Crippen molar-refractivity contribution in [1.82, 2.24) is 9.97 Å². The average molecular weight is 544 g/mol. The van der Waals surface area contributed by atoms with Crippen molar-refractivity contribution < 1.29 is 79.4 Å². The van der Waals surface area contributed by atoms with Gasteiger partial charge in [0.1, 0.15) is 0 Å². The van der Waals surface area contributed by atoms with E-state index < -0.39 is 65.0 Å². The van der Waals surface area contributed by atoms with E-state index in [0.717, 1.165) is 6.92 Å². The molecule has 1 N–H and O–H groups in total. The molecule has 34 heavy (non-hydrogen) atoms. The first-order chi connectivity index (χ1) is 14.6. The molecule has 0 radical (unpaired) electrons. The highest BCUT2D eigenvalue weighted by Crippen LogP contribution is 2.63. The molecule has 0 spiro atoms. The van der Waals surface area contributed by atoms with Crippen molar-refractivity contribution in [3.63, 3.8) is 0 Å². The van der Waals surface area contributed by atoms with E-state index in [1.54, 1.807) is 0 Å². The lowest BCUT2D eigenvalue weighted by Crippen LogP contribution is -2.74. The van der Waals surface area contributed by atoms with Crippen LogP contribution in [0.25, 0.3) is 0 Å². The van der Waals surface area contributed by atoms with Gasteiger partial charge in [-0.3, -0.25) is 4.79 Å². The van der Waals surface area contributed by atoms with Gasteiger partial charge in [-0.25, -0.2) is 0 Å². The van der Waals surface area contributed by atoms with Crippen LogP contribution in [-0.4, -0.2) is 57.8 Å². The summed E-state index contributed by atoms with van der Waals surface area (Å²) in [7, 11) is 0. The fraction of sp³-hybridized carbons (Fsp3) is 0.692. The maximum Gasteiger partial charge on any atom is 0.473 e. The third-order valence-corrected chi connectivity index (χ3v) is 3.87. The SMILES string of the molecule is Cc1c[nH]c(OC(F)(F)C(F)(F)C(F)(F)C(F)(F)C(F)(F)C(F)(F)C(F)(F)C(F)(F)F)nc1=O. The summed E-state index contributed by atoms with van der Waals surface area (Å²) in [6, 6.07) is -2.14. The number of aromatic nitrogens is 2. The third-order valence-electron chi connectivity index (χ3n) is 3.87. The maximum absolute atomic E-state index is 13.6. The van der Waals surface area contributed by atoms with Crippen LogP contribution in [0.2, 0.25) is 0 Å². The van der Waals surface area contributed by atoms with Crippen molar-refractivity contribution in [2.24, 2.45) is 0 Å². The van der Waals surface area contributed by atoms with Gasteiger partial charge in [0.25, 0.3) is 5.56 Å². The molecular weight excluding hydrogens is 539 g/mol. The minimum atomic E-state index is -8.74. The zero-order chi connectivity index (χ0) is 27.6. The van der Waals surface area contributed by atoms with Crippen LogP contribution in [0.5, 0.6) is 6.01 Å². The molecule has 0 fully saturated rings. The van der Waals surface area contributed by atoms with Crippen LogP contribution in [0.4, 0.5) is 74.6 Å². The molecule has 21 heteroatoms. The van der Waals surface area contributed by atoms with E-state index in [9.17, 15) is 79.4 Å². The number of ether oxygens (including phenoxy) is 1. The Balaban J connectivity index is 3.61. The first-order valence-electron chi connectivity index (χ1n) is 7.60. The largest absolute Gasteiger partial charge is 0.473 e. The summed E-state index contributed by atoms with van der Waals surface area (Å²) in [5.41, 5.74) is -2.04. The lowest BCUT2D eigenvalue weighted by Gasteiger charge is -2.42. The molecule has 0 saturated carbocycles. The molecule has 1 heterocycles. The van der Waals surface area contributed by atoms with Gasteiger partial charge in [-0.2, -0.15) is 79.6 Å². The summed E-state index contributed by atoms with van der Waals surface area (Å²) in [5.74, 6) is -50.8. The molecule has 0 amide bonds. The first-order valence-corrected chi connectivity index (χ1v) is 7.60. The number of H-pyrrole nitrogens is 1. The zero-order valence-corrected chi connectivity index (χ0v) is 15.3. The van der Waals surface area contributed by atoms with Gasteiger partial charge in [-0.15, -0.1) is 0 Å². The lowest BCUT2D eigenvalue weighted by molar-refractivity contribution is -0.471. The molecule has 0 bridgehead atoms. The maximum atomic E-state index is 13.6. The highest BCUT2D eigenvalue weighted by atomic mass is 19.4. The number of alkyl halides is 17. The third kappa shape index (κ3) is 3.89. The monoisotopic (exact) mass is 544 g/mol. The molecule has 0 aliphatic rings. The molecule has 1 aromatic rings. The van der Waals surface area contributed by atoms with Crippen LogP contribution < -0.4 is 10.3 Å². The molecule has 0 aliphatic carbocycles. The number of halogens is 17. The molecule has 0 aliphatic heterocycles. The van der Waals surface area contributed by atoms with E-state index in [1.165, 1.54) is 4.98 Å². The fourth-order valence-corrected chi connectivity index (χ4v) is 1.83. The second-order valence-electron chi connectivity index (χ2n) is 6.26. The summed E-state index contributed by atoms with van der Waals surface area (Å²) in [5, 5.41) is 0. The number of hydrogen-bond donors (Lipinski definition) is 1. The van der Waals surface area contributed by atoms with Crippen molar-refractivity contribution in [2.75, 3.05) is 0 Å². The standard InChI is InChI=1S/C13H5F17N2O2/c1-3-2-31-5(32-4(3)33)34-13(29,30)11(24,25)9(20,21)7(16,17)6(14,15)8(18,19)10(22,23)12(26,27)28/h2H,1H3,(H,31,32,33). The molecule has 1 aromatic heterocycles. The van der Waals surface area contributed by atoms with Crippen LogP contribution in [0.1, 0.15) is 5.56 Å². The summed E-state index contributed by atoms with van der Waals surface area (Å²) >= 11 is 0. The second kappa shape index (κ2) is 7.75. The Hall–Kier alpha value is -2.51. The second-order valence-corrected chi connectivity index (χ2v) is 6.26. The molecule has 198 valence electrons. The normalized spacial score (nSPS) is 15.5. The van der Waals surface area contributed by atoms with Crippen LogP contribution >= 0.6 is 0 Å². The van der Waals surface area contributed by atoms with Gasteiger partial charge in [0, 0.05) is 11.8 Å². The van der Waals surface area contributed by atoms with E-state index in [2.05, 4.69) is 9.72 Å². The van der Waals surface area contributed by atoms with E-state index in [0.29, 0.717) is 6.20 Å². The molecule has 1 rings (SSSR count). The van der Waals surface area contributed by atoms with Gasteiger partial charge in [0.2, 0.25) is 0 Å². The van der Waals surface area contributed by atoms with Gasteiger partial charge in [0.05, 0.1) is 0 Å². The predicted octanol–water partition coefficient (Wildman–Crippen LogP) is 5.42.